The van der Waals surface area contributed by atoms with Gasteiger partial charge in [0.1, 0.15) is 5.82 Å². The molecule has 2 N–H and O–H groups in total. The normalized spacial score (nSPS) is 11.2. The van der Waals surface area contributed by atoms with Crippen molar-refractivity contribution in [2.75, 3.05) is 39.5 Å². The summed E-state index contributed by atoms with van der Waals surface area (Å²) in [5.41, 5.74) is 0.880. The van der Waals surface area contributed by atoms with Crippen molar-refractivity contribution in [1.29, 1.82) is 0 Å². The number of nitrogens with zero attached hydrogens (tertiary/aromatic N) is 4. The van der Waals surface area contributed by atoms with E-state index in [-0.39, 0.29) is 12.1 Å². The number of hydrogen-bond acceptors (Lipinski definition) is 5. The molecule has 1 heterocycles. The number of aromatic nitrogens is 2. The van der Waals surface area contributed by atoms with Crippen LogP contribution < -0.4 is 10.6 Å². The third-order valence-electron chi connectivity index (χ3n) is 3.86. The van der Waals surface area contributed by atoms with Crippen molar-refractivity contribution in [2.24, 2.45) is 0 Å². The number of fused-ring (bicyclic) bond motifs is 1. The summed E-state index contributed by atoms with van der Waals surface area (Å²) in [6, 6.07) is 7.90. The first-order chi connectivity index (χ1) is 12.4. The van der Waals surface area contributed by atoms with E-state index < -0.39 is 0 Å². The van der Waals surface area contributed by atoms with Crippen LogP contribution in [0.25, 0.3) is 10.9 Å². The van der Waals surface area contributed by atoms with E-state index in [2.05, 4.69) is 39.6 Å². The maximum Gasteiger partial charge on any atom is 0.317 e. The first-order valence-electron chi connectivity index (χ1n) is 9.02. The predicted octanol–water partition coefficient (Wildman–Crippen LogP) is 2.54. The molecule has 7 nitrogen and oxygen atoms in total. The molecule has 0 aliphatic rings. The summed E-state index contributed by atoms with van der Waals surface area (Å²) in [4.78, 5) is 25.2. The largest absolute Gasteiger partial charge is 0.369 e. The zero-order valence-electron chi connectivity index (χ0n) is 16.4. The van der Waals surface area contributed by atoms with E-state index in [1.54, 1.807) is 11.9 Å². The molecule has 26 heavy (non-hydrogen) atoms. The number of rotatable bonds is 8. The van der Waals surface area contributed by atoms with Crippen LogP contribution in [0.15, 0.2) is 24.3 Å². The highest BCUT2D eigenvalue weighted by atomic mass is 16.2. The highest BCUT2D eigenvalue weighted by molar-refractivity contribution is 5.89. The van der Waals surface area contributed by atoms with Crippen molar-refractivity contribution in [2.45, 2.75) is 32.9 Å². The molecule has 1 aromatic heterocycles. The van der Waals surface area contributed by atoms with E-state index in [4.69, 9.17) is 0 Å². The molecule has 142 valence electrons. The molecule has 0 unspecified atom stereocenters. The van der Waals surface area contributed by atoms with Crippen molar-refractivity contribution in [1.82, 2.24) is 25.1 Å². The first kappa shape index (κ1) is 19.9. The molecule has 0 radical (unpaired) electrons. The second-order valence-electron chi connectivity index (χ2n) is 7.05. The van der Waals surface area contributed by atoms with Gasteiger partial charge in [0.15, 0.2) is 5.82 Å². The Morgan fingerprint density at radius 2 is 1.88 bits per heavy atom. The maximum atomic E-state index is 12.1. The highest BCUT2D eigenvalue weighted by Gasteiger charge is 2.13. The molecular formula is C19H30N6O. The van der Waals surface area contributed by atoms with Gasteiger partial charge in [0.05, 0.1) is 12.1 Å². The number of amides is 2. The summed E-state index contributed by atoms with van der Waals surface area (Å²) in [6.07, 6.45) is 1.03. The van der Waals surface area contributed by atoms with Gasteiger partial charge in [-0.1, -0.05) is 12.1 Å². The van der Waals surface area contributed by atoms with Gasteiger partial charge in [-0.2, -0.15) is 0 Å². The molecule has 7 heteroatoms. The molecule has 0 atom stereocenters. The van der Waals surface area contributed by atoms with E-state index in [0.717, 1.165) is 36.2 Å². The molecule has 2 rings (SSSR count). The first-order valence-corrected chi connectivity index (χ1v) is 9.02. The SMILES string of the molecule is CC(C)NC(=O)N(C)Cc1nc(NCCCN(C)C)c2ccccc2n1. The molecule has 0 bridgehead atoms. The minimum Gasteiger partial charge on any atom is -0.369 e. The Balaban J connectivity index is 2.15. The van der Waals surface area contributed by atoms with Crippen LogP contribution >= 0.6 is 0 Å². The lowest BCUT2D eigenvalue weighted by atomic mass is 10.2. The molecule has 1 aromatic carbocycles. The maximum absolute atomic E-state index is 12.1. The number of carbonyl (C=O) groups is 1. The standard InChI is InChI=1S/C19H30N6O/c1-14(2)21-19(26)25(5)13-17-22-16-10-7-6-9-15(16)18(23-17)20-11-8-12-24(3)4/h6-7,9-10,14H,8,11-13H2,1-5H3,(H,21,26)(H,20,22,23). The summed E-state index contributed by atoms with van der Waals surface area (Å²) in [5, 5.41) is 7.30. The fourth-order valence-corrected chi connectivity index (χ4v) is 2.57. The van der Waals surface area contributed by atoms with Crippen molar-refractivity contribution in [3.05, 3.63) is 30.1 Å². The molecule has 0 aliphatic carbocycles. The van der Waals surface area contributed by atoms with Crippen molar-refractivity contribution in [3.8, 4) is 0 Å². The zero-order valence-corrected chi connectivity index (χ0v) is 16.4. The smallest absolute Gasteiger partial charge is 0.317 e. The Kier molecular flexibility index (Phi) is 7.15. The number of para-hydroxylation sites is 1. The summed E-state index contributed by atoms with van der Waals surface area (Å²) in [5.74, 6) is 1.45. The van der Waals surface area contributed by atoms with Crippen molar-refractivity contribution in [3.63, 3.8) is 0 Å². The van der Waals surface area contributed by atoms with Gasteiger partial charge in [-0.05, 0) is 53.0 Å². The molecule has 2 amide bonds. The summed E-state index contributed by atoms with van der Waals surface area (Å²) >= 11 is 0. The molecule has 0 saturated heterocycles. The zero-order chi connectivity index (χ0) is 19.1. The number of nitrogens with one attached hydrogen (secondary N) is 2. The second kappa shape index (κ2) is 9.33. The average molecular weight is 358 g/mol. The van der Waals surface area contributed by atoms with E-state index in [1.165, 1.54) is 0 Å². The van der Waals surface area contributed by atoms with Crippen molar-refractivity contribution < 1.29 is 4.79 Å². The predicted molar refractivity (Wildman–Crippen MR) is 106 cm³/mol. The van der Waals surface area contributed by atoms with Crippen LogP contribution in [-0.4, -0.2) is 66.1 Å². The van der Waals surface area contributed by atoms with E-state index in [1.807, 2.05) is 38.1 Å². The fourth-order valence-electron chi connectivity index (χ4n) is 2.57. The van der Waals surface area contributed by atoms with E-state index in [0.29, 0.717) is 12.4 Å². The van der Waals surface area contributed by atoms with Gasteiger partial charge < -0.3 is 20.4 Å². The van der Waals surface area contributed by atoms with Gasteiger partial charge in [-0.25, -0.2) is 14.8 Å². The van der Waals surface area contributed by atoms with E-state index >= 15 is 0 Å². The number of urea groups is 1. The second-order valence-corrected chi connectivity index (χ2v) is 7.05. The quantitative estimate of drug-likeness (QED) is 0.710. The third kappa shape index (κ3) is 5.84. The topological polar surface area (TPSA) is 73.4 Å². The molecule has 2 aromatic rings. The van der Waals surface area contributed by atoms with Crippen LogP contribution in [0.5, 0.6) is 0 Å². The van der Waals surface area contributed by atoms with Crippen LogP contribution in [0.2, 0.25) is 0 Å². The van der Waals surface area contributed by atoms with Gasteiger partial charge in [-0.3, -0.25) is 0 Å². The Bertz CT molecular complexity index is 731. The Morgan fingerprint density at radius 3 is 2.58 bits per heavy atom. The molecule has 0 fully saturated rings. The lowest BCUT2D eigenvalue weighted by Crippen LogP contribution is -2.40. The van der Waals surface area contributed by atoms with Crippen LogP contribution in [0.1, 0.15) is 26.1 Å². The number of anilines is 1. The Labute approximate surface area is 155 Å². The fraction of sp³-hybridized carbons (Fsp3) is 0.526. The minimum atomic E-state index is -0.128. The van der Waals surface area contributed by atoms with Crippen LogP contribution in [-0.2, 0) is 6.54 Å². The lowest BCUT2D eigenvalue weighted by molar-refractivity contribution is 0.203. The summed E-state index contributed by atoms with van der Waals surface area (Å²) < 4.78 is 0. The number of hydrogen-bond donors (Lipinski definition) is 2. The van der Waals surface area contributed by atoms with Gasteiger partial charge in [0, 0.05) is 25.0 Å². The average Bonchev–Trinajstić information content (AvgIpc) is 2.57. The molecule has 0 aliphatic heterocycles. The lowest BCUT2D eigenvalue weighted by Gasteiger charge is -2.19. The summed E-state index contributed by atoms with van der Waals surface area (Å²) in [7, 11) is 5.88. The third-order valence-corrected chi connectivity index (χ3v) is 3.86. The van der Waals surface area contributed by atoms with Gasteiger partial charge in [0.2, 0.25) is 0 Å². The van der Waals surface area contributed by atoms with Gasteiger partial charge in [0.25, 0.3) is 0 Å². The molecular weight excluding hydrogens is 328 g/mol. The number of benzene rings is 1. The Morgan fingerprint density at radius 1 is 1.15 bits per heavy atom. The van der Waals surface area contributed by atoms with Gasteiger partial charge >= 0.3 is 6.03 Å². The molecule has 0 saturated carbocycles. The van der Waals surface area contributed by atoms with Crippen LogP contribution in [0.4, 0.5) is 10.6 Å². The molecule has 0 spiro atoms. The van der Waals surface area contributed by atoms with Crippen molar-refractivity contribution >= 4 is 22.8 Å². The van der Waals surface area contributed by atoms with Crippen LogP contribution in [0, 0.1) is 0 Å². The minimum absolute atomic E-state index is 0.0939. The summed E-state index contributed by atoms with van der Waals surface area (Å²) in [6.45, 7) is 6.08. The van der Waals surface area contributed by atoms with Crippen LogP contribution in [0.3, 0.4) is 0 Å². The highest BCUT2D eigenvalue weighted by Crippen LogP contribution is 2.20. The van der Waals surface area contributed by atoms with Gasteiger partial charge in [-0.15, -0.1) is 0 Å². The monoisotopic (exact) mass is 358 g/mol. The van der Waals surface area contributed by atoms with E-state index in [9.17, 15) is 4.79 Å². The number of carbonyl (C=O) groups excluding carboxylic acids is 1. The Hall–Kier alpha value is -2.41.